The molecule has 0 bridgehead atoms. The molecule has 2 saturated heterocycles. The first kappa shape index (κ1) is 18.8. The summed E-state index contributed by atoms with van der Waals surface area (Å²) in [7, 11) is 0. The highest BCUT2D eigenvalue weighted by Gasteiger charge is 2.45. The van der Waals surface area contributed by atoms with E-state index in [1.807, 2.05) is 12.1 Å². The Hall–Kier alpha value is -2.25. The van der Waals surface area contributed by atoms with Crippen LogP contribution < -0.4 is 16.0 Å². The van der Waals surface area contributed by atoms with Crippen LogP contribution in [0.25, 0.3) is 0 Å². The van der Waals surface area contributed by atoms with E-state index in [2.05, 4.69) is 22.0 Å². The van der Waals surface area contributed by atoms with E-state index in [0.717, 1.165) is 30.8 Å². The molecule has 3 amide bonds. The fourth-order valence-electron chi connectivity index (χ4n) is 5.72. The minimum absolute atomic E-state index is 0.106. The van der Waals surface area contributed by atoms with Crippen molar-refractivity contribution in [3.63, 3.8) is 0 Å². The molecule has 1 aromatic rings. The molecule has 1 aromatic carbocycles. The molecule has 29 heavy (non-hydrogen) atoms. The van der Waals surface area contributed by atoms with Crippen LogP contribution in [0.4, 0.5) is 0 Å². The SMILES string of the molecule is O=C1CCC(N2Cc3ccc(CNC[C@]45CCC[C@H]4NCC5)cc3C2=O)C(=O)N1. The third kappa shape index (κ3) is 3.26. The van der Waals surface area contributed by atoms with Crippen molar-refractivity contribution in [2.75, 3.05) is 13.1 Å². The largest absolute Gasteiger partial charge is 0.322 e. The molecule has 3 heterocycles. The van der Waals surface area contributed by atoms with Crippen molar-refractivity contribution in [2.24, 2.45) is 5.41 Å². The van der Waals surface area contributed by atoms with Crippen molar-refractivity contribution in [1.29, 1.82) is 0 Å². The van der Waals surface area contributed by atoms with Crippen molar-refractivity contribution in [3.05, 3.63) is 34.9 Å². The molecule has 3 fully saturated rings. The number of imide groups is 1. The van der Waals surface area contributed by atoms with Crippen LogP contribution in [-0.4, -0.2) is 47.8 Å². The zero-order chi connectivity index (χ0) is 20.0. The maximum Gasteiger partial charge on any atom is 0.255 e. The fourth-order valence-corrected chi connectivity index (χ4v) is 5.72. The van der Waals surface area contributed by atoms with Crippen LogP contribution in [0.5, 0.6) is 0 Å². The molecule has 3 aliphatic heterocycles. The van der Waals surface area contributed by atoms with Gasteiger partial charge in [-0.3, -0.25) is 19.7 Å². The molecule has 3 N–H and O–H groups in total. The van der Waals surface area contributed by atoms with Crippen LogP contribution in [0.15, 0.2) is 18.2 Å². The second-order valence-electron chi connectivity index (χ2n) is 9.01. The summed E-state index contributed by atoms with van der Waals surface area (Å²) in [6, 6.07) is 6.14. The van der Waals surface area contributed by atoms with E-state index in [1.54, 1.807) is 4.90 Å². The monoisotopic (exact) mass is 396 g/mol. The lowest BCUT2D eigenvalue weighted by Crippen LogP contribution is -2.52. The molecular formula is C22H28N4O3. The standard InChI is InChI=1S/C22H28N4O3/c27-19-6-5-17(20(28)25-19)26-12-15-4-3-14(10-16(15)21(26)29)11-23-13-22-7-1-2-18(22)24-9-8-22/h3-4,10,17-18,23-24H,1-2,5-9,11-13H2,(H,25,27,28)/t17?,18-,22-/m1/s1. The summed E-state index contributed by atoms with van der Waals surface area (Å²) in [6.07, 6.45) is 5.81. The minimum Gasteiger partial charge on any atom is -0.322 e. The summed E-state index contributed by atoms with van der Waals surface area (Å²) in [4.78, 5) is 38.1. The third-order valence-electron chi connectivity index (χ3n) is 7.32. The molecule has 7 nitrogen and oxygen atoms in total. The van der Waals surface area contributed by atoms with Gasteiger partial charge in [-0.25, -0.2) is 0 Å². The Kier molecular flexibility index (Phi) is 4.67. The van der Waals surface area contributed by atoms with E-state index in [9.17, 15) is 14.4 Å². The average molecular weight is 396 g/mol. The number of rotatable bonds is 5. The summed E-state index contributed by atoms with van der Waals surface area (Å²) < 4.78 is 0. The molecule has 1 saturated carbocycles. The van der Waals surface area contributed by atoms with Gasteiger partial charge in [0, 0.05) is 37.7 Å². The molecule has 0 radical (unpaired) electrons. The zero-order valence-electron chi connectivity index (χ0n) is 16.6. The number of hydrogen-bond acceptors (Lipinski definition) is 5. The van der Waals surface area contributed by atoms with Gasteiger partial charge in [-0.1, -0.05) is 18.6 Å². The Bertz CT molecular complexity index is 858. The van der Waals surface area contributed by atoms with E-state index in [0.29, 0.717) is 30.0 Å². The van der Waals surface area contributed by atoms with Gasteiger partial charge in [0.1, 0.15) is 6.04 Å². The van der Waals surface area contributed by atoms with Crippen molar-refractivity contribution in [1.82, 2.24) is 20.9 Å². The first-order valence-electron chi connectivity index (χ1n) is 10.8. The van der Waals surface area contributed by atoms with Gasteiger partial charge in [0.25, 0.3) is 5.91 Å². The number of carbonyl (C=O) groups is 3. The lowest BCUT2D eigenvalue weighted by atomic mass is 9.82. The number of nitrogens with zero attached hydrogens (tertiary/aromatic N) is 1. The minimum atomic E-state index is -0.553. The topological polar surface area (TPSA) is 90.5 Å². The van der Waals surface area contributed by atoms with Crippen LogP contribution in [0.1, 0.15) is 60.0 Å². The number of carbonyl (C=O) groups excluding carboxylic acids is 3. The summed E-state index contributed by atoms with van der Waals surface area (Å²) in [5.41, 5.74) is 3.14. The van der Waals surface area contributed by atoms with Gasteiger partial charge in [0.15, 0.2) is 0 Å². The van der Waals surface area contributed by atoms with E-state index < -0.39 is 6.04 Å². The Morgan fingerprint density at radius 2 is 2.07 bits per heavy atom. The number of nitrogens with one attached hydrogen (secondary N) is 3. The average Bonchev–Trinajstić information content (AvgIpc) is 3.35. The molecular weight excluding hydrogens is 368 g/mol. The van der Waals surface area contributed by atoms with Crippen molar-refractivity contribution in [3.8, 4) is 0 Å². The van der Waals surface area contributed by atoms with Crippen LogP contribution >= 0.6 is 0 Å². The van der Waals surface area contributed by atoms with E-state index in [1.165, 1.54) is 25.7 Å². The lowest BCUT2D eigenvalue weighted by Gasteiger charge is -2.29. The maximum atomic E-state index is 12.9. The summed E-state index contributed by atoms with van der Waals surface area (Å²) in [5, 5.41) is 9.63. The fraction of sp³-hybridized carbons (Fsp3) is 0.591. The highest BCUT2D eigenvalue weighted by Crippen LogP contribution is 2.44. The summed E-state index contributed by atoms with van der Waals surface area (Å²) in [5.74, 6) is -0.726. The van der Waals surface area contributed by atoms with E-state index in [4.69, 9.17) is 0 Å². The Balaban J connectivity index is 1.23. The first-order chi connectivity index (χ1) is 14.1. The van der Waals surface area contributed by atoms with E-state index >= 15 is 0 Å². The van der Waals surface area contributed by atoms with Crippen LogP contribution in [0.2, 0.25) is 0 Å². The molecule has 154 valence electrons. The number of fused-ring (bicyclic) bond motifs is 2. The second kappa shape index (κ2) is 7.22. The second-order valence-corrected chi connectivity index (χ2v) is 9.01. The predicted molar refractivity (Wildman–Crippen MR) is 107 cm³/mol. The van der Waals surface area contributed by atoms with Gasteiger partial charge in [-0.15, -0.1) is 0 Å². The van der Waals surface area contributed by atoms with Crippen molar-refractivity contribution in [2.45, 2.75) is 63.7 Å². The van der Waals surface area contributed by atoms with Gasteiger partial charge in [0.05, 0.1) is 0 Å². The lowest BCUT2D eigenvalue weighted by molar-refractivity contribution is -0.136. The smallest absolute Gasteiger partial charge is 0.255 e. The zero-order valence-corrected chi connectivity index (χ0v) is 16.6. The van der Waals surface area contributed by atoms with Crippen molar-refractivity contribution >= 4 is 17.7 Å². The number of benzene rings is 1. The highest BCUT2D eigenvalue weighted by molar-refractivity contribution is 6.05. The van der Waals surface area contributed by atoms with Crippen LogP contribution in [0, 0.1) is 5.41 Å². The van der Waals surface area contributed by atoms with Gasteiger partial charge < -0.3 is 15.5 Å². The number of hydrogen-bond donors (Lipinski definition) is 3. The number of piperidine rings is 1. The number of amides is 3. The Morgan fingerprint density at radius 3 is 2.93 bits per heavy atom. The molecule has 5 rings (SSSR count). The molecule has 1 unspecified atom stereocenters. The molecule has 7 heteroatoms. The Labute approximate surface area is 170 Å². The molecule has 4 aliphatic rings. The van der Waals surface area contributed by atoms with E-state index in [-0.39, 0.29) is 24.1 Å². The van der Waals surface area contributed by atoms with Gasteiger partial charge in [0.2, 0.25) is 11.8 Å². The molecule has 0 aromatic heterocycles. The molecule has 1 aliphatic carbocycles. The molecule has 3 atom stereocenters. The highest BCUT2D eigenvalue weighted by atomic mass is 16.2. The van der Waals surface area contributed by atoms with Gasteiger partial charge in [-0.05, 0) is 54.8 Å². The maximum absolute atomic E-state index is 12.9. The normalized spacial score (nSPS) is 31.2. The quantitative estimate of drug-likeness (QED) is 0.648. The first-order valence-corrected chi connectivity index (χ1v) is 10.8. The van der Waals surface area contributed by atoms with Gasteiger partial charge >= 0.3 is 0 Å². The van der Waals surface area contributed by atoms with Crippen molar-refractivity contribution < 1.29 is 14.4 Å². The Morgan fingerprint density at radius 1 is 1.17 bits per heavy atom. The van der Waals surface area contributed by atoms with Crippen LogP contribution in [-0.2, 0) is 22.7 Å². The van der Waals surface area contributed by atoms with Gasteiger partial charge in [-0.2, -0.15) is 0 Å². The summed E-state index contributed by atoms with van der Waals surface area (Å²) in [6.45, 7) is 3.31. The predicted octanol–water partition coefficient (Wildman–Crippen LogP) is 1.07. The summed E-state index contributed by atoms with van der Waals surface area (Å²) >= 11 is 0. The molecule has 0 spiro atoms. The third-order valence-corrected chi connectivity index (χ3v) is 7.32. The van der Waals surface area contributed by atoms with Crippen LogP contribution in [0.3, 0.4) is 0 Å².